The highest BCUT2D eigenvalue weighted by molar-refractivity contribution is 9.10. The number of rotatable bonds is 6. The molecule has 0 radical (unpaired) electrons. The number of alkyl carbamates (subject to hydrolysis) is 1. The molecule has 2 N–H and O–H groups in total. The number of carbonyl (C=O) groups is 2. The molecule has 0 fully saturated rings. The molecule has 0 bridgehead atoms. The average molecular weight is 379 g/mol. The number of nitrogens with zero attached hydrogens (tertiary/aromatic N) is 1. The third kappa shape index (κ3) is 5.37. The molecule has 1 aromatic heterocycles. The summed E-state index contributed by atoms with van der Waals surface area (Å²) in [6.07, 6.45) is 2.49. The van der Waals surface area contributed by atoms with Gasteiger partial charge in [-0.3, -0.25) is 4.98 Å². The summed E-state index contributed by atoms with van der Waals surface area (Å²) in [6.45, 7) is 0.0813. The number of pyridine rings is 1. The minimum atomic E-state index is -1.13. The van der Waals surface area contributed by atoms with Crippen molar-refractivity contribution in [3.63, 3.8) is 0 Å². The van der Waals surface area contributed by atoms with Gasteiger partial charge in [-0.25, -0.2) is 9.59 Å². The largest absolute Gasteiger partial charge is 0.480 e. The Hall–Kier alpha value is -2.41. The van der Waals surface area contributed by atoms with Gasteiger partial charge in [0.15, 0.2) is 0 Å². The van der Waals surface area contributed by atoms with Gasteiger partial charge in [0, 0.05) is 23.3 Å². The van der Waals surface area contributed by atoms with E-state index in [1.807, 2.05) is 30.3 Å². The quantitative estimate of drug-likeness (QED) is 0.806. The average Bonchev–Trinajstić information content (AvgIpc) is 2.55. The summed E-state index contributed by atoms with van der Waals surface area (Å²) in [5.74, 6) is -1.13. The molecule has 7 heteroatoms. The van der Waals surface area contributed by atoms with Crippen LogP contribution in [0.15, 0.2) is 53.3 Å². The maximum atomic E-state index is 11.8. The second-order valence-electron chi connectivity index (χ2n) is 4.77. The van der Waals surface area contributed by atoms with Crippen LogP contribution in [-0.4, -0.2) is 28.2 Å². The van der Waals surface area contributed by atoms with Crippen molar-refractivity contribution in [2.75, 3.05) is 0 Å². The zero-order chi connectivity index (χ0) is 16.7. The predicted molar refractivity (Wildman–Crippen MR) is 86.8 cm³/mol. The lowest BCUT2D eigenvalue weighted by Gasteiger charge is -2.15. The Labute approximate surface area is 141 Å². The third-order valence-corrected chi connectivity index (χ3v) is 3.80. The van der Waals surface area contributed by atoms with E-state index in [1.165, 1.54) is 0 Å². The molecular formula is C16H15BrN2O4. The number of aliphatic carboxylic acids is 1. The number of hydrogen-bond acceptors (Lipinski definition) is 4. The minimum absolute atomic E-state index is 0.0813. The number of hydrogen-bond donors (Lipinski definition) is 2. The fraction of sp³-hybridized carbons (Fsp3) is 0.188. The highest BCUT2D eigenvalue weighted by atomic mass is 79.9. The summed E-state index contributed by atoms with van der Waals surface area (Å²) in [7, 11) is 0. The Morgan fingerprint density at radius 1 is 1.26 bits per heavy atom. The van der Waals surface area contributed by atoms with E-state index in [2.05, 4.69) is 26.2 Å². The molecule has 6 nitrogen and oxygen atoms in total. The first kappa shape index (κ1) is 17.0. The van der Waals surface area contributed by atoms with E-state index in [0.29, 0.717) is 4.47 Å². The number of amides is 1. The van der Waals surface area contributed by atoms with Crippen LogP contribution >= 0.6 is 15.9 Å². The van der Waals surface area contributed by atoms with Gasteiger partial charge >= 0.3 is 12.1 Å². The lowest BCUT2D eigenvalue weighted by molar-refractivity contribution is -0.139. The molecule has 2 rings (SSSR count). The lowest BCUT2D eigenvalue weighted by atomic mass is 10.1. The molecule has 0 aliphatic rings. The number of carboxylic acid groups (broad SMARTS) is 1. The number of benzene rings is 1. The van der Waals surface area contributed by atoms with Crippen molar-refractivity contribution in [1.82, 2.24) is 10.3 Å². The Morgan fingerprint density at radius 3 is 2.65 bits per heavy atom. The first-order valence-corrected chi connectivity index (χ1v) is 7.64. The summed E-state index contributed by atoms with van der Waals surface area (Å²) in [4.78, 5) is 27.0. The predicted octanol–water partition coefficient (Wildman–Crippen LogP) is 2.77. The van der Waals surface area contributed by atoms with Crippen LogP contribution in [0.25, 0.3) is 0 Å². The fourth-order valence-electron chi connectivity index (χ4n) is 1.90. The molecule has 1 amide bonds. The summed E-state index contributed by atoms with van der Waals surface area (Å²) < 4.78 is 5.73. The van der Waals surface area contributed by atoms with Crippen molar-refractivity contribution < 1.29 is 19.4 Å². The van der Waals surface area contributed by atoms with Crippen LogP contribution in [-0.2, 0) is 22.6 Å². The molecule has 0 aliphatic carbocycles. The summed E-state index contributed by atoms with van der Waals surface area (Å²) in [6, 6.07) is 9.76. The van der Waals surface area contributed by atoms with Gasteiger partial charge in [-0.2, -0.15) is 0 Å². The van der Waals surface area contributed by atoms with Gasteiger partial charge in [0.2, 0.25) is 0 Å². The van der Waals surface area contributed by atoms with Crippen LogP contribution < -0.4 is 5.32 Å². The molecule has 0 aliphatic heterocycles. The smallest absolute Gasteiger partial charge is 0.408 e. The van der Waals surface area contributed by atoms with Gasteiger partial charge in [0.05, 0.1) is 0 Å². The van der Waals surface area contributed by atoms with Gasteiger partial charge < -0.3 is 15.2 Å². The van der Waals surface area contributed by atoms with Crippen LogP contribution in [0.3, 0.4) is 0 Å². The number of carbonyl (C=O) groups excluding carboxylic acids is 1. The highest BCUT2D eigenvalue weighted by Crippen LogP contribution is 2.16. The van der Waals surface area contributed by atoms with Gasteiger partial charge in [-0.1, -0.05) is 30.3 Å². The summed E-state index contributed by atoms with van der Waals surface area (Å²) >= 11 is 3.30. The van der Waals surface area contributed by atoms with E-state index in [4.69, 9.17) is 4.74 Å². The minimum Gasteiger partial charge on any atom is -0.480 e. The first-order valence-electron chi connectivity index (χ1n) is 6.84. The van der Waals surface area contributed by atoms with Crippen molar-refractivity contribution in [3.05, 3.63) is 64.4 Å². The van der Waals surface area contributed by atoms with Gasteiger partial charge in [0.1, 0.15) is 12.6 Å². The number of nitrogens with one attached hydrogen (secondary N) is 1. The Bertz CT molecular complexity index is 679. The topological polar surface area (TPSA) is 88.5 Å². The zero-order valence-electron chi connectivity index (χ0n) is 12.1. The molecule has 23 heavy (non-hydrogen) atoms. The molecule has 1 heterocycles. The van der Waals surface area contributed by atoms with E-state index in [0.717, 1.165) is 11.1 Å². The zero-order valence-corrected chi connectivity index (χ0v) is 13.7. The number of carboxylic acids is 1. The van der Waals surface area contributed by atoms with E-state index in [9.17, 15) is 14.7 Å². The molecule has 1 unspecified atom stereocenters. The van der Waals surface area contributed by atoms with Gasteiger partial charge in [-0.15, -0.1) is 0 Å². The second kappa shape index (κ2) is 8.28. The van der Waals surface area contributed by atoms with Crippen molar-refractivity contribution in [2.24, 2.45) is 0 Å². The van der Waals surface area contributed by atoms with E-state index < -0.39 is 18.1 Å². The van der Waals surface area contributed by atoms with Crippen molar-refractivity contribution in [1.29, 1.82) is 0 Å². The summed E-state index contributed by atoms with van der Waals surface area (Å²) in [5, 5.41) is 11.6. The molecule has 0 saturated carbocycles. The van der Waals surface area contributed by atoms with Crippen LogP contribution in [0.5, 0.6) is 0 Å². The third-order valence-electron chi connectivity index (χ3n) is 3.08. The molecule has 0 saturated heterocycles. The Balaban J connectivity index is 1.92. The van der Waals surface area contributed by atoms with E-state index in [-0.39, 0.29) is 13.0 Å². The lowest BCUT2D eigenvalue weighted by Crippen LogP contribution is -2.42. The number of halogens is 1. The number of ether oxygens (including phenoxy) is 1. The van der Waals surface area contributed by atoms with Crippen molar-refractivity contribution in [2.45, 2.75) is 19.1 Å². The molecule has 0 spiro atoms. The van der Waals surface area contributed by atoms with Crippen molar-refractivity contribution in [3.8, 4) is 0 Å². The van der Waals surface area contributed by atoms with Gasteiger partial charge in [0.25, 0.3) is 0 Å². The van der Waals surface area contributed by atoms with E-state index >= 15 is 0 Å². The molecule has 120 valence electrons. The van der Waals surface area contributed by atoms with Gasteiger partial charge in [-0.05, 0) is 33.1 Å². The van der Waals surface area contributed by atoms with Crippen molar-refractivity contribution >= 4 is 28.0 Å². The normalized spacial score (nSPS) is 11.5. The van der Waals surface area contributed by atoms with Crippen LogP contribution in [0.1, 0.15) is 11.1 Å². The molecule has 1 aromatic carbocycles. The Morgan fingerprint density at radius 2 is 2.00 bits per heavy atom. The second-order valence-corrected chi connectivity index (χ2v) is 5.62. The van der Waals surface area contributed by atoms with Crippen LogP contribution in [0, 0.1) is 0 Å². The van der Waals surface area contributed by atoms with Crippen LogP contribution in [0.4, 0.5) is 4.79 Å². The SMILES string of the molecule is O=C(NC(Cc1ccncc1Br)C(=O)O)OCc1ccccc1. The fourth-order valence-corrected chi connectivity index (χ4v) is 2.31. The molecular weight excluding hydrogens is 364 g/mol. The Kier molecular flexibility index (Phi) is 6.10. The highest BCUT2D eigenvalue weighted by Gasteiger charge is 2.22. The maximum absolute atomic E-state index is 11.8. The molecule has 2 aromatic rings. The molecule has 1 atom stereocenters. The first-order chi connectivity index (χ1) is 11.1. The van der Waals surface area contributed by atoms with E-state index in [1.54, 1.807) is 18.5 Å². The summed E-state index contributed by atoms with van der Waals surface area (Å²) in [5.41, 5.74) is 1.56. The standard InChI is InChI=1S/C16H15BrN2O4/c17-13-9-18-7-6-12(13)8-14(15(20)21)19-16(22)23-10-11-4-2-1-3-5-11/h1-7,9,14H,8,10H2,(H,19,22)(H,20,21). The monoisotopic (exact) mass is 378 g/mol. The van der Waals surface area contributed by atoms with Crippen LogP contribution in [0.2, 0.25) is 0 Å². The number of aromatic nitrogens is 1. The maximum Gasteiger partial charge on any atom is 0.408 e.